The van der Waals surface area contributed by atoms with Crippen molar-refractivity contribution in [1.29, 1.82) is 0 Å². The Hall–Kier alpha value is -1.26. The van der Waals surface area contributed by atoms with Crippen LogP contribution in [0.2, 0.25) is 10.0 Å². The zero-order chi connectivity index (χ0) is 18.5. The molecule has 1 atom stereocenters. The lowest BCUT2D eigenvalue weighted by molar-refractivity contribution is -0.141. The van der Waals surface area contributed by atoms with Crippen LogP contribution in [0.25, 0.3) is 0 Å². The zero-order valence-electron chi connectivity index (χ0n) is 15.0. The van der Waals surface area contributed by atoms with Crippen molar-refractivity contribution in [3.63, 3.8) is 0 Å². The molecule has 0 heterocycles. The van der Waals surface area contributed by atoms with Gasteiger partial charge in [-0.15, -0.1) is 0 Å². The molecule has 0 radical (unpaired) electrons. The number of amides is 2. The van der Waals surface area contributed by atoms with Gasteiger partial charge < -0.3 is 10.2 Å². The summed E-state index contributed by atoms with van der Waals surface area (Å²) in [4.78, 5) is 26.6. The van der Waals surface area contributed by atoms with Crippen LogP contribution in [0.5, 0.6) is 0 Å². The molecule has 0 saturated carbocycles. The molecule has 24 heavy (non-hydrogen) atoms. The van der Waals surface area contributed by atoms with E-state index in [2.05, 4.69) is 5.32 Å². The lowest BCUT2D eigenvalue weighted by atomic mass is 10.1. The molecule has 1 N–H and O–H groups in total. The maximum absolute atomic E-state index is 12.5. The first kappa shape index (κ1) is 20.8. The van der Waals surface area contributed by atoms with Gasteiger partial charge in [0.25, 0.3) is 0 Å². The van der Waals surface area contributed by atoms with E-state index in [1.54, 1.807) is 24.0 Å². The predicted octanol–water partition coefficient (Wildman–Crippen LogP) is 4.43. The molecule has 134 valence electrons. The number of hydrogen-bond donors (Lipinski definition) is 1. The van der Waals surface area contributed by atoms with E-state index in [4.69, 9.17) is 23.2 Å². The van der Waals surface area contributed by atoms with Crippen molar-refractivity contribution in [2.75, 3.05) is 0 Å². The molecule has 1 rings (SSSR count). The zero-order valence-corrected chi connectivity index (χ0v) is 16.5. The molecule has 0 unspecified atom stereocenters. The van der Waals surface area contributed by atoms with Crippen LogP contribution < -0.4 is 5.32 Å². The highest BCUT2D eigenvalue weighted by atomic mass is 35.5. The predicted molar refractivity (Wildman–Crippen MR) is 99.3 cm³/mol. The Morgan fingerprint density at radius 3 is 2.33 bits per heavy atom. The molecule has 0 fully saturated rings. The first-order chi connectivity index (χ1) is 11.0. The summed E-state index contributed by atoms with van der Waals surface area (Å²) in [6.07, 6.45) is 1.12. The molecule has 0 aliphatic carbocycles. The van der Waals surface area contributed by atoms with Crippen LogP contribution in [0.15, 0.2) is 18.2 Å². The van der Waals surface area contributed by atoms with Crippen LogP contribution in [0.3, 0.4) is 0 Å². The maximum atomic E-state index is 12.5. The van der Waals surface area contributed by atoms with Crippen LogP contribution in [0, 0.1) is 0 Å². The fraction of sp³-hybridized carbons (Fsp3) is 0.556. The van der Waals surface area contributed by atoms with Gasteiger partial charge in [0.1, 0.15) is 6.04 Å². The number of rotatable bonds is 6. The molecular weight excluding hydrogens is 347 g/mol. The molecule has 0 spiro atoms. The van der Waals surface area contributed by atoms with E-state index < -0.39 is 6.04 Å². The van der Waals surface area contributed by atoms with E-state index in [0.29, 0.717) is 23.0 Å². The van der Waals surface area contributed by atoms with Crippen molar-refractivity contribution in [2.45, 2.75) is 65.6 Å². The third-order valence-corrected chi connectivity index (χ3v) is 4.21. The van der Waals surface area contributed by atoms with Crippen molar-refractivity contribution in [1.82, 2.24) is 10.2 Å². The highest BCUT2D eigenvalue weighted by Gasteiger charge is 2.27. The number of nitrogens with one attached hydrogen (secondary N) is 1. The summed E-state index contributed by atoms with van der Waals surface area (Å²) in [5, 5.41) is 3.82. The fourth-order valence-corrected chi connectivity index (χ4v) is 2.57. The van der Waals surface area contributed by atoms with Gasteiger partial charge in [-0.1, -0.05) is 36.2 Å². The molecule has 6 heteroatoms. The van der Waals surface area contributed by atoms with Crippen LogP contribution >= 0.6 is 23.2 Å². The van der Waals surface area contributed by atoms with Gasteiger partial charge in [-0.2, -0.15) is 0 Å². The number of carbonyl (C=O) groups excluding carboxylic acids is 2. The van der Waals surface area contributed by atoms with Crippen molar-refractivity contribution in [3.05, 3.63) is 33.8 Å². The maximum Gasteiger partial charge on any atom is 0.242 e. The molecular formula is C18H26Cl2N2O2. The van der Waals surface area contributed by atoms with E-state index in [1.807, 2.05) is 33.8 Å². The molecule has 0 aliphatic heterocycles. The molecule has 1 aromatic rings. The molecule has 4 nitrogen and oxygen atoms in total. The monoisotopic (exact) mass is 372 g/mol. The Balaban J connectivity index is 3.00. The van der Waals surface area contributed by atoms with E-state index in [9.17, 15) is 9.59 Å². The summed E-state index contributed by atoms with van der Waals surface area (Å²) < 4.78 is 0. The van der Waals surface area contributed by atoms with Crippen molar-refractivity contribution >= 4 is 35.0 Å². The highest BCUT2D eigenvalue weighted by Crippen LogP contribution is 2.24. The summed E-state index contributed by atoms with van der Waals surface area (Å²) in [7, 11) is 0. The second kappa shape index (κ2) is 8.72. The molecule has 2 amide bonds. The van der Waals surface area contributed by atoms with Crippen LogP contribution in [0.1, 0.15) is 53.0 Å². The summed E-state index contributed by atoms with van der Waals surface area (Å²) in [6.45, 7) is 9.73. The molecule has 0 aliphatic rings. The Bertz CT molecular complexity index is 597. The van der Waals surface area contributed by atoms with Gasteiger partial charge in [0.05, 0.1) is 10.0 Å². The van der Waals surface area contributed by atoms with Crippen molar-refractivity contribution < 1.29 is 9.59 Å². The Kier molecular flexibility index (Phi) is 7.56. The minimum Gasteiger partial charge on any atom is -0.350 e. The minimum absolute atomic E-state index is 0.0554. The number of hydrogen-bond acceptors (Lipinski definition) is 2. The SMILES string of the molecule is CCCC(=O)N(Cc1ccc(Cl)c(Cl)c1)[C@H](C)C(=O)NC(C)(C)C. The van der Waals surface area contributed by atoms with Gasteiger partial charge >= 0.3 is 0 Å². The first-order valence-corrected chi connectivity index (χ1v) is 8.86. The first-order valence-electron chi connectivity index (χ1n) is 8.10. The third-order valence-electron chi connectivity index (χ3n) is 3.47. The van der Waals surface area contributed by atoms with E-state index >= 15 is 0 Å². The third kappa shape index (κ3) is 6.33. The highest BCUT2D eigenvalue weighted by molar-refractivity contribution is 6.42. The smallest absolute Gasteiger partial charge is 0.242 e. The largest absolute Gasteiger partial charge is 0.350 e. The van der Waals surface area contributed by atoms with Crippen molar-refractivity contribution in [2.24, 2.45) is 0 Å². The average molecular weight is 373 g/mol. The van der Waals surface area contributed by atoms with Gasteiger partial charge in [0, 0.05) is 18.5 Å². The second-order valence-electron chi connectivity index (χ2n) is 6.94. The van der Waals surface area contributed by atoms with Gasteiger partial charge in [-0.25, -0.2) is 0 Å². The summed E-state index contributed by atoms with van der Waals surface area (Å²) in [6, 6.07) is 4.67. The molecule has 0 aromatic heterocycles. The number of halogens is 2. The van der Waals surface area contributed by atoms with Gasteiger partial charge in [-0.3, -0.25) is 9.59 Å². The van der Waals surface area contributed by atoms with E-state index in [0.717, 1.165) is 12.0 Å². The summed E-state index contributed by atoms with van der Waals surface area (Å²) >= 11 is 12.0. The fourth-order valence-electron chi connectivity index (χ4n) is 2.25. The number of benzene rings is 1. The second-order valence-corrected chi connectivity index (χ2v) is 7.75. The van der Waals surface area contributed by atoms with Crippen LogP contribution in [-0.2, 0) is 16.1 Å². The standard InChI is InChI=1S/C18H26Cl2N2O2/c1-6-7-16(23)22(12(2)17(24)21-18(3,4)5)11-13-8-9-14(19)15(20)10-13/h8-10,12H,6-7,11H2,1-5H3,(H,21,24)/t12-/m1/s1. The molecule has 1 aromatic carbocycles. The Morgan fingerprint density at radius 2 is 1.83 bits per heavy atom. The van der Waals surface area contributed by atoms with Crippen molar-refractivity contribution in [3.8, 4) is 0 Å². The quantitative estimate of drug-likeness (QED) is 0.802. The summed E-state index contributed by atoms with van der Waals surface area (Å²) in [5.74, 6) is -0.229. The minimum atomic E-state index is -0.572. The average Bonchev–Trinajstić information content (AvgIpc) is 2.46. The summed E-state index contributed by atoms with van der Waals surface area (Å²) in [5.41, 5.74) is 0.484. The molecule has 0 bridgehead atoms. The van der Waals surface area contributed by atoms with Crippen LogP contribution in [0.4, 0.5) is 0 Å². The van der Waals surface area contributed by atoms with Gasteiger partial charge in [0.15, 0.2) is 0 Å². The van der Waals surface area contributed by atoms with Gasteiger partial charge in [0.2, 0.25) is 11.8 Å². The molecule has 0 saturated heterocycles. The normalized spacial score (nSPS) is 12.6. The topological polar surface area (TPSA) is 49.4 Å². The Labute approximate surface area is 154 Å². The number of carbonyl (C=O) groups is 2. The number of nitrogens with zero attached hydrogens (tertiary/aromatic N) is 1. The van der Waals surface area contributed by atoms with E-state index in [-0.39, 0.29) is 17.4 Å². The lowest BCUT2D eigenvalue weighted by Gasteiger charge is -2.31. The lowest BCUT2D eigenvalue weighted by Crippen LogP contribution is -2.52. The van der Waals surface area contributed by atoms with Crippen LogP contribution in [-0.4, -0.2) is 28.3 Å². The van der Waals surface area contributed by atoms with Gasteiger partial charge in [-0.05, 0) is 51.8 Å². The Morgan fingerprint density at radius 1 is 1.21 bits per heavy atom. The van der Waals surface area contributed by atoms with E-state index in [1.165, 1.54) is 0 Å².